The molecule has 0 bridgehead atoms. The lowest BCUT2D eigenvalue weighted by Gasteiger charge is -2.24. The van der Waals surface area contributed by atoms with Gasteiger partial charge in [-0.25, -0.2) is 4.79 Å². The van der Waals surface area contributed by atoms with Crippen molar-refractivity contribution in [3.8, 4) is 0 Å². The van der Waals surface area contributed by atoms with E-state index in [9.17, 15) is 4.79 Å². The first-order valence-corrected chi connectivity index (χ1v) is 4.74. The minimum Gasteiger partial charge on any atom is -0.476 e. The first-order valence-electron chi connectivity index (χ1n) is 4.74. The molecule has 0 unspecified atom stereocenters. The van der Waals surface area contributed by atoms with Crippen molar-refractivity contribution in [1.82, 2.24) is 15.1 Å². The van der Waals surface area contributed by atoms with Gasteiger partial charge >= 0.3 is 5.97 Å². The zero-order valence-corrected chi connectivity index (χ0v) is 9.30. The van der Waals surface area contributed by atoms with Crippen LogP contribution < -0.4 is 0 Å². The van der Waals surface area contributed by atoms with E-state index < -0.39 is 5.97 Å². The van der Waals surface area contributed by atoms with E-state index in [2.05, 4.69) is 22.0 Å². The van der Waals surface area contributed by atoms with Crippen LogP contribution in [0, 0.1) is 0 Å². The number of H-pyrrole nitrogens is 1. The van der Waals surface area contributed by atoms with Crippen LogP contribution in [-0.2, 0) is 13.0 Å². The van der Waals surface area contributed by atoms with Crippen molar-refractivity contribution in [3.63, 3.8) is 0 Å². The summed E-state index contributed by atoms with van der Waals surface area (Å²) in [6, 6.07) is 0. The molecule has 0 saturated heterocycles. The molecule has 0 radical (unpaired) electrons. The molecule has 15 heavy (non-hydrogen) atoms. The molecule has 1 aliphatic heterocycles. The quantitative estimate of drug-likeness (QED) is 0.794. The molecular weight excluding hydrogens is 218 g/mol. The van der Waals surface area contributed by atoms with Gasteiger partial charge in [-0.1, -0.05) is 6.92 Å². The summed E-state index contributed by atoms with van der Waals surface area (Å²) in [7, 11) is 0. The summed E-state index contributed by atoms with van der Waals surface area (Å²) in [6.45, 7) is 4.70. The molecule has 0 amide bonds. The van der Waals surface area contributed by atoms with E-state index >= 15 is 0 Å². The van der Waals surface area contributed by atoms with Crippen molar-refractivity contribution in [3.05, 3.63) is 17.0 Å². The predicted octanol–water partition coefficient (Wildman–Crippen LogP) is 0.908. The van der Waals surface area contributed by atoms with Crippen LogP contribution in [0.5, 0.6) is 0 Å². The zero-order valence-electron chi connectivity index (χ0n) is 8.49. The van der Waals surface area contributed by atoms with Crippen molar-refractivity contribution in [1.29, 1.82) is 0 Å². The molecule has 0 fully saturated rings. The van der Waals surface area contributed by atoms with Gasteiger partial charge in [-0.15, -0.1) is 12.4 Å². The molecule has 1 aromatic rings. The standard InChI is InChI=1S/C9H13N3O2.ClH/c1-2-12-4-3-7-6(5-12)8(9(13)14)11-10-7;/h2-5H2,1H3,(H,10,11)(H,13,14);1H. The molecule has 1 aromatic heterocycles. The third-order valence-corrected chi connectivity index (χ3v) is 2.66. The lowest BCUT2D eigenvalue weighted by Crippen LogP contribution is -2.30. The summed E-state index contributed by atoms with van der Waals surface area (Å²) in [5.74, 6) is -0.944. The van der Waals surface area contributed by atoms with Gasteiger partial charge in [0, 0.05) is 30.8 Å². The number of nitrogens with zero attached hydrogens (tertiary/aromatic N) is 2. The van der Waals surface area contributed by atoms with Crippen LogP contribution in [0.25, 0.3) is 0 Å². The van der Waals surface area contributed by atoms with E-state index in [1.165, 1.54) is 0 Å². The molecule has 1 aliphatic rings. The Hall–Kier alpha value is -1.07. The topological polar surface area (TPSA) is 69.2 Å². The van der Waals surface area contributed by atoms with Gasteiger partial charge in [-0.3, -0.25) is 10.00 Å². The second kappa shape index (κ2) is 4.63. The number of hydrogen-bond acceptors (Lipinski definition) is 3. The van der Waals surface area contributed by atoms with Crippen LogP contribution >= 0.6 is 12.4 Å². The van der Waals surface area contributed by atoms with Crippen LogP contribution in [0.4, 0.5) is 0 Å². The van der Waals surface area contributed by atoms with Crippen LogP contribution in [0.15, 0.2) is 0 Å². The van der Waals surface area contributed by atoms with Crippen LogP contribution in [-0.4, -0.2) is 39.3 Å². The Bertz CT molecular complexity index is 364. The average Bonchev–Trinajstić information content (AvgIpc) is 2.59. The monoisotopic (exact) mass is 231 g/mol. The molecule has 5 nitrogen and oxygen atoms in total. The Morgan fingerprint density at radius 2 is 2.40 bits per heavy atom. The number of carboxylic acids is 1. The SMILES string of the molecule is CCN1CCc2[nH]nc(C(=O)O)c2C1.Cl. The fourth-order valence-electron chi connectivity index (χ4n) is 1.80. The number of carboxylic acid groups (broad SMARTS) is 1. The molecule has 0 saturated carbocycles. The number of hydrogen-bond donors (Lipinski definition) is 2. The summed E-state index contributed by atoms with van der Waals surface area (Å²) in [4.78, 5) is 13.0. The Labute approximate surface area is 93.9 Å². The maximum absolute atomic E-state index is 10.8. The molecule has 2 heterocycles. The molecular formula is C9H14ClN3O2. The highest BCUT2D eigenvalue weighted by Gasteiger charge is 2.23. The van der Waals surface area contributed by atoms with E-state index in [1.807, 2.05) is 0 Å². The summed E-state index contributed by atoms with van der Waals surface area (Å²) >= 11 is 0. The normalized spacial score (nSPS) is 15.5. The van der Waals surface area contributed by atoms with Crippen LogP contribution in [0.1, 0.15) is 28.7 Å². The second-order valence-electron chi connectivity index (χ2n) is 3.45. The lowest BCUT2D eigenvalue weighted by molar-refractivity contribution is 0.0687. The van der Waals surface area contributed by atoms with Gasteiger partial charge in [-0.2, -0.15) is 5.10 Å². The Kier molecular flexibility index (Phi) is 3.71. The number of rotatable bonds is 2. The third kappa shape index (κ3) is 2.13. The molecule has 2 rings (SSSR count). The summed E-state index contributed by atoms with van der Waals surface area (Å²) < 4.78 is 0. The molecule has 0 aliphatic carbocycles. The fourth-order valence-corrected chi connectivity index (χ4v) is 1.80. The number of aromatic carboxylic acids is 1. The largest absolute Gasteiger partial charge is 0.476 e. The molecule has 2 N–H and O–H groups in total. The van der Waals surface area contributed by atoms with Gasteiger partial charge in [0.1, 0.15) is 0 Å². The number of likely N-dealkylation sites (N-methyl/N-ethyl adjacent to an activating group) is 1. The zero-order chi connectivity index (χ0) is 10.1. The number of aromatic nitrogens is 2. The summed E-state index contributed by atoms with van der Waals surface area (Å²) in [5.41, 5.74) is 2.01. The molecule has 6 heteroatoms. The fraction of sp³-hybridized carbons (Fsp3) is 0.556. The maximum Gasteiger partial charge on any atom is 0.356 e. The van der Waals surface area contributed by atoms with Crippen molar-refractivity contribution in [2.45, 2.75) is 19.9 Å². The van der Waals surface area contributed by atoms with E-state index in [0.717, 1.165) is 30.8 Å². The molecule has 84 valence electrons. The van der Waals surface area contributed by atoms with Crippen molar-refractivity contribution >= 4 is 18.4 Å². The Morgan fingerprint density at radius 1 is 1.67 bits per heavy atom. The molecule has 0 atom stereocenters. The number of carbonyl (C=O) groups is 1. The highest BCUT2D eigenvalue weighted by atomic mass is 35.5. The highest BCUT2D eigenvalue weighted by molar-refractivity contribution is 5.87. The van der Waals surface area contributed by atoms with Crippen LogP contribution in [0.3, 0.4) is 0 Å². The van der Waals surface area contributed by atoms with E-state index in [-0.39, 0.29) is 18.1 Å². The second-order valence-corrected chi connectivity index (χ2v) is 3.45. The van der Waals surface area contributed by atoms with Crippen molar-refractivity contribution < 1.29 is 9.90 Å². The van der Waals surface area contributed by atoms with Crippen LogP contribution in [0.2, 0.25) is 0 Å². The summed E-state index contributed by atoms with van der Waals surface area (Å²) in [6.07, 6.45) is 0.865. The Morgan fingerprint density at radius 3 is 3.00 bits per heavy atom. The minimum atomic E-state index is -0.944. The van der Waals surface area contributed by atoms with Gasteiger partial charge in [0.2, 0.25) is 0 Å². The van der Waals surface area contributed by atoms with Gasteiger partial charge < -0.3 is 5.11 Å². The highest BCUT2D eigenvalue weighted by Crippen LogP contribution is 2.19. The smallest absolute Gasteiger partial charge is 0.356 e. The predicted molar refractivity (Wildman–Crippen MR) is 57.5 cm³/mol. The minimum absolute atomic E-state index is 0. The number of fused-ring (bicyclic) bond motifs is 1. The number of nitrogens with one attached hydrogen (secondary N) is 1. The molecule has 0 spiro atoms. The number of aromatic amines is 1. The summed E-state index contributed by atoms with van der Waals surface area (Å²) in [5, 5.41) is 15.5. The van der Waals surface area contributed by atoms with Gasteiger partial charge in [0.05, 0.1) is 0 Å². The number of halogens is 1. The van der Waals surface area contributed by atoms with E-state index in [0.29, 0.717) is 6.54 Å². The third-order valence-electron chi connectivity index (χ3n) is 2.66. The molecule has 0 aromatic carbocycles. The first-order chi connectivity index (χ1) is 6.72. The maximum atomic E-state index is 10.8. The van der Waals surface area contributed by atoms with E-state index in [1.54, 1.807) is 0 Å². The van der Waals surface area contributed by atoms with E-state index in [4.69, 9.17) is 5.11 Å². The average molecular weight is 232 g/mol. The first kappa shape index (κ1) is 12.0. The van der Waals surface area contributed by atoms with Gasteiger partial charge in [0.25, 0.3) is 0 Å². The van der Waals surface area contributed by atoms with Crippen molar-refractivity contribution in [2.75, 3.05) is 13.1 Å². The van der Waals surface area contributed by atoms with Gasteiger partial charge in [-0.05, 0) is 6.54 Å². The lowest BCUT2D eigenvalue weighted by atomic mass is 10.1. The van der Waals surface area contributed by atoms with Crippen molar-refractivity contribution in [2.24, 2.45) is 0 Å². The Balaban J connectivity index is 0.00000112. The van der Waals surface area contributed by atoms with Gasteiger partial charge in [0.15, 0.2) is 5.69 Å².